The molecule has 8 aromatic carbocycles. The van der Waals surface area contributed by atoms with E-state index < -0.39 is 11.6 Å². The molecule has 0 unspecified atom stereocenters. The molecule has 1 saturated carbocycles. The van der Waals surface area contributed by atoms with Gasteiger partial charge in [-0.05, 0) is 81.5 Å². The molecule has 0 heterocycles. The van der Waals surface area contributed by atoms with Gasteiger partial charge in [-0.25, -0.2) is 13.2 Å². The molecule has 282 valence electrons. The van der Waals surface area contributed by atoms with Gasteiger partial charge < -0.3 is 0 Å². The van der Waals surface area contributed by atoms with E-state index in [0.29, 0.717) is 16.7 Å². The summed E-state index contributed by atoms with van der Waals surface area (Å²) >= 11 is 0. The number of hydrogen-bond donors (Lipinski definition) is 0. The summed E-state index contributed by atoms with van der Waals surface area (Å²) in [6.45, 7) is 0. The molecule has 3 heteroatoms. The summed E-state index contributed by atoms with van der Waals surface area (Å²) in [6.07, 6.45) is 7.00. The quantitative estimate of drug-likeness (QED) is 0.159. The van der Waals surface area contributed by atoms with Crippen LogP contribution in [0.15, 0.2) is 206 Å². The zero-order valence-electron chi connectivity index (χ0n) is 31.9. The first-order chi connectivity index (χ1) is 28.0. The molecule has 0 radical (unpaired) electrons. The lowest BCUT2D eigenvalue weighted by molar-refractivity contribution is 0.443. The van der Waals surface area contributed by atoms with E-state index in [-0.39, 0.29) is 16.9 Å². The maximum absolute atomic E-state index is 14.2. The molecule has 0 amide bonds. The van der Waals surface area contributed by atoms with Crippen molar-refractivity contribution in [3.05, 3.63) is 229 Å². The normalized spacial score (nSPS) is 12.4. The Morgan fingerprint density at radius 3 is 1.04 bits per heavy atom. The molecule has 0 N–H and O–H groups in total. The zero-order chi connectivity index (χ0) is 39.2. The number of halogens is 3. The third kappa shape index (κ3) is 10.2. The van der Waals surface area contributed by atoms with Gasteiger partial charge in [0.1, 0.15) is 17.5 Å². The minimum atomic E-state index is -0.420. The summed E-state index contributed by atoms with van der Waals surface area (Å²) in [6, 6.07) is 65.1. The van der Waals surface area contributed by atoms with Gasteiger partial charge in [0.05, 0.1) is 0 Å². The average Bonchev–Trinajstić information content (AvgIpc) is 3.29. The van der Waals surface area contributed by atoms with Crippen LogP contribution in [-0.4, -0.2) is 0 Å². The van der Waals surface area contributed by atoms with Crippen molar-refractivity contribution in [3.63, 3.8) is 0 Å². The SMILES string of the molecule is Fc1cc(-c2ccccc2)c(F)cc1-c1ccccc1.Fc1cc(-c2ccccc2)ccc1-c1ccccc1.c1ccc(-c2ccc(C3CCCCC3)cc2)cc1. The van der Waals surface area contributed by atoms with Crippen LogP contribution in [0.3, 0.4) is 0 Å². The highest BCUT2D eigenvalue weighted by Crippen LogP contribution is 2.34. The summed E-state index contributed by atoms with van der Waals surface area (Å²) < 4.78 is 42.7. The molecule has 0 aliphatic heterocycles. The zero-order valence-corrected chi connectivity index (χ0v) is 31.9. The highest BCUT2D eigenvalue weighted by atomic mass is 19.1. The van der Waals surface area contributed by atoms with Crippen molar-refractivity contribution in [2.24, 2.45) is 0 Å². The molecule has 1 aliphatic rings. The largest absolute Gasteiger partial charge is 0.206 e. The molecule has 1 aliphatic carbocycles. The second kappa shape index (κ2) is 19.4. The third-order valence-corrected chi connectivity index (χ3v) is 10.5. The van der Waals surface area contributed by atoms with Crippen LogP contribution in [0.5, 0.6) is 0 Å². The molecule has 0 nitrogen and oxygen atoms in total. The van der Waals surface area contributed by atoms with Gasteiger partial charge in [-0.2, -0.15) is 0 Å². The van der Waals surface area contributed by atoms with Gasteiger partial charge in [-0.1, -0.05) is 207 Å². The van der Waals surface area contributed by atoms with E-state index in [1.54, 1.807) is 54.6 Å². The van der Waals surface area contributed by atoms with Crippen LogP contribution in [0.1, 0.15) is 43.6 Å². The topological polar surface area (TPSA) is 0 Å². The van der Waals surface area contributed by atoms with Crippen LogP contribution in [0.2, 0.25) is 0 Å². The molecule has 8 aromatic rings. The second-order valence-electron chi connectivity index (χ2n) is 14.3. The van der Waals surface area contributed by atoms with Gasteiger partial charge in [0.15, 0.2) is 0 Å². The Hall–Kier alpha value is -6.45. The Morgan fingerprint density at radius 2 is 0.614 bits per heavy atom. The second-order valence-corrected chi connectivity index (χ2v) is 14.3. The van der Waals surface area contributed by atoms with Crippen molar-refractivity contribution in [2.45, 2.75) is 38.0 Å². The Bertz CT molecular complexity index is 2360. The molecule has 0 bridgehead atoms. The molecule has 57 heavy (non-hydrogen) atoms. The molecular formula is C54H45F3. The summed E-state index contributed by atoms with van der Waals surface area (Å²) in [5.41, 5.74) is 9.55. The lowest BCUT2D eigenvalue weighted by Crippen LogP contribution is -2.04. The summed E-state index contributed by atoms with van der Waals surface area (Å²) in [7, 11) is 0. The van der Waals surface area contributed by atoms with E-state index in [1.165, 1.54) is 60.9 Å². The van der Waals surface area contributed by atoms with Gasteiger partial charge in [0, 0.05) is 16.7 Å². The maximum atomic E-state index is 14.2. The molecular weight excluding hydrogens is 706 g/mol. The highest BCUT2D eigenvalue weighted by Gasteiger charge is 2.15. The smallest absolute Gasteiger partial charge is 0.131 e. The van der Waals surface area contributed by atoms with Crippen LogP contribution >= 0.6 is 0 Å². The number of benzene rings is 8. The van der Waals surface area contributed by atoms with E-state index in [0.717, 1.165) is 22.6 Å². The first-order valence-corrected chi connectivity index (χ1v) is 19.7. The van der Waals surface area contributed by atoms with Gasteiger partial charge >= 0.3 is 0 Å². The van der Waals surface area contributed by atoms with E-state index in [2.05, 4.69) is 54.6 Å². The Kier molecular flexibility index (Phi) is 13.2. The fraction of sp³-hybridized carbons (Fsp3) is 0.111. The lowest BCUT2D eigenvalue weighted by Gasteiger charge is -2.22. The minimum Gasteiger partial charge on any atom is -0.206 e. The van der Waals surface area contributed by atoms with Crippen molar-refractivity contribution in [2.75, 3.05) is 0 Å². The first-order valence-electron chi connectivity index (χ1n) is 19.7. The van der Waals surface area contributed by atoms with E-state index in [4.69, 9.17) is 0 Å². The number of hydrogen-bond acceptors (Lipinski definition) is 0. The molecule has 1 fully saturated rings. The molecule has 9 rings (SSSR count). The minimum absolute atomic E-state index is 0.187. The van der Waals surface area contributed by atoms with Crippen LogP contribution in [0, 0.1) is 17.5 Å². The van der Waals surface area contributed by atoms with Crippen molar-refractivity contribution in [1.82, 2.24) is 0 Å². The van der Waals surface area contributed by atoms with Gasteiger partial charge in [0.2, 0.25) is 0 Å². The standard InChI is InChI=1S/C18H12F2.C18H13F.C18H20/c19-17-12-16(14-9-5-2-6-10-14)18(20)11-15(17)13-7-3-1-4-8-13;19-18-13-16(14-7-3-1-4-8-14)11-12-17(18)15-9-5-2-6-10-15;1-3-7-15(8-4-1)17-11-13-18(14-12-17)16-9-5-2-6-10-16/h1-12H;1-13H;1,3-4,7-8,11-14,16H,2,5-6,9-10H2. The fourth-order valence-electron chi connectivity index (χ4n) is 7.42. The van der Waals surface area contributed by atoms with Crippen LogP contribution in [0.25, 0.3) is 55.6 Å². The predicted octanol–water partition coefficient (Wildman–Crippen LogP) is 15.9. The first kappa shape index (κ1) is 38.8. The third-order valence-electron chi connectivity index (χ3n) is 10.5. The van der Waals surface area contributed by atoms with Crippen molar-refractivity contribution >= 4 is 0 Å². The highest BCUT2D eigenvalue weighted by molar-refractivity contribution is 5.72. The van der Waals surface area contributed by atoms with Gasteiger partial charge in [-0.15, -0.1) is 0 Å². The Labute approximate surface area is 335 Å². The molecule has 0 aromatic heterocycles. The van der Waals surface area contributed by atoms with Crippen LogP contribution in [0.4, 0.5) is 13.2 Å². The van der Waals surface area contributed by atoms with E-state index in [9.17, 15) is 13.2 Å². The summed E-state index contributed by atoms with van der Waals surface area (Å²) in [4.78, 5) is 0. The van der Waals surface area contributed by atoms with Crippen molar-refractivity contribution in [3.8, 4) is 55.6 Å². The predicted molar refractivity (Wildman–Crippen MR) is 232 cm³/mol. The van der Waals surface area contributed by atoms with E-state index >= 15 is 0 Å². The summed E-state index contributed by atoms with van der Waals surface area (Å²) in [5, 5.41) is 0. The molecule has 0 spiro atoms. The van der Waals surface area contributed by atoms with Gasteiger partial charge in [-0.3, -0.25) is 0 Å². The fourth-order valence-corrected chi connectivity index (χ4v) is 7.42. The molecule has 0 atom stereocenters. The summed E-state index contributed by atoms with van der Waals surface area (Å²) in [5.74, 6) is -0.218. The van der Waals surface area contributed by atoms with Crippen molar-refractivity contribution < 1.29 is 13.2 Å². The van der Waals surface area contributed by atoms with Crippen LogP contribution < -0.4 is 0 Å². The average molecular weight is 751 g/mol. The van der Waals surface area contributed by atoms with Crippen LogP contribution in [-0.2, 0) is 0 Å². The van der Waals surface area contributed by atoms with Gasteiger partial charge in [0.25, 0.3) is 0 Å². The maximum Gasteiger partial charge on any atom is 0.131 e. The molecule has 0 saturated heterocycles. The van der Waals surface area contributed by atoms with Crippen molar-refractivity contribution in [1.29, 1.82) is 0 Å². The monoisotopic (exact) mass is 750 g/mol. The van der Waals surface area contributed by atoms with E-state index in [1.807, 2.05) is 84.9 Å². The number of rotatable bonds is 6. The Balaban J connectivity index is 0.000000131. The lowest BCUT2D eigenvalue weighted by atomic mass is 9.84. The Morgan fingerprint density at radius 1 is 0.281 bits per heavy atom.